The SMILES string of the molecule is CCCCCCCCOc1ccc(OCCCCCCCC)c(S(=O)(=O)C(=[N+]=[N-])S(=O)(=O)c2cc(OCCCCCCCC)ccc2OCCCCCCCC)c1. The van der Waals surface area contributed by atoms with Crippen LogP contribution in [0.2, 0.25) is 0 Å². The van der Waals surface area contributed by atoms with E-state index in [4.69, 9.17) is 18.9 Å². The molecule has 0 saturated carbocycles. The molecular weight excluding hydrogens is 761 g/mol. The number of unbranched alkanes of at least 4 members (excludes halogenated alkanes) is 20. The van der Waals surface area contributed by atoms with Crippen molar-refractivity contribution >= 4 is 24.1 Å². The summed E-state index contributed by atoms with van der Waals surface area (Å²) in [5.74, 6) is 0.415. The van der Waals surface area contributed by atoms with E-state index in [1.54, 1.807) is 12.1 Å². The maximum atomic E-state index is 14.5. The van der Waals surface area contributed by atoms with Gasteiger partial charge in [0.05, 0.1) is 26.4 Å². The van der Waals surface area contributed by atoms with Gasteiger partial charge < -0.3 is 24.5 Å². The lowest BCUT2D eigenvalue weighted by Gasteiger charge is -2.15. The maximum Gasteiger partial charge on any atom is 0.504 e. The molecular formula is C45H74N2O8S2. The van der Waals surface area contributed by atoms with Gasteiger partial charge in [-0.05, 0) is 49.9 Å². The monoisotopic (exact) mass is 834 g/mol. The third kappa shape index (κ3) is 19.0. The predicted octanol–water partition coefficient (Wildman–Crippen LogP) is 12.5. The Balaban J connectivity index is 2.44. The molecule has 0 fully saturated rings. The van der Waals surface area contributed by atoms with Crippen LogP contribution in [0.4, 0.5) is 0 Å². The molecule has 0 heterocycles. The minimum Gasteiger partial charge on any atom is -0.494 e. The molecule has 0 N–H and O–H groups in total. The van der Waals surface area contributed by atoms with Crippen molar-refractivity contribution in [2.24, 2.45) is 0 Å². The van der Waals surface area contributed by atoms with Gasteiger partial charge in [-0.2, -0.15) is 0 Å². The van der Waals surface area contributed by atoms with Gasteiger partial charge in [0, 0.05) is 12.1 Å². The standard InChI is InChI=1S/C45H74N2O8S2/c1-5-9-13-17-21-25-33-52-39-29-31-41(54-35-27-23-19-15-11-7-3)43(37-39)56(48,49)45(47-46)57(50,51)44-38-40(53-34-26-22-18-14-10-6-2)30-32-42(44)55-36-28-24-20-16-12-8-4/h29-32,37-38H,5-28,33-36H2,1-4H3. The Morgan fingerprint density at radius 1 is 0.439 bits per heavy atom. The van der Waals surface area contributed by atoms with Crippen LogP contribution < -0.4 is 18.9 Å². The van der Waals surface area contributed by atoms with Crippen molar-refractivity contribution in [1.82, 2.24) is 0 Å². The van der Waals surface area contributed by atoms with Gasteiger partial charge in [-0.25, -0.2) is 16.8 Å². The van der Waals surface area contributed by atoms with E-state index in [1.165, 1.54) is 37.1 Å². The number of ether oxygens (including phenoxy) is 4. The van der Waals surface area contributed by atoms with Crippen LogP contribution in [0.3, 0.4) is 0 Å². The van der Waals surface area contributed by atoms with Crippen molar-refractivity contribution in [3.63, 3.8) is 0 Å². The van der Waals surface area contributed by atoms with Crippen molar-refractivity contribution in [2.75, 3.05) is 26.4 Å². The van der Waals surface area contributed by atoms with Crippen molar-refractivity contribution in [1.29, 1.82) is 0 Å². The van der Waals surface area contributed by atoms with Crippen LogP contribution >= 0.6 is 0 Å². The highest BCUT2D eigenvalue weighted by molar-refractivity contribution is 8.31. The summed E-state index contributed by atoms with van der Waals surface area (Å²) in [7, 11) is -10.00. The highest BCUT2D eigenvalue weighted by Crippen LogP contribution is 2.36. The van der Waals surface area contributed by atoms with Gasteiger partial charge in [-0.3, -0.25) is 0 Å². The zero-order chi connectivity index (χ0) is 41.6. The molecule has 2 aromatic rings. The largest absolute Gasteiger partial charge is 0.504 e. The van der Waals surface area contributed by atoms with E-state index in [0.29, 0.717) is 26.1 Å². The summed E-state index contributed by atoms with van der Waals surface area (Å²) in [5.41, 5.74) is 10.3. The maximum absolute atomic E-state index is 14.5. The third-order valence-corrected chi connectivity index (χ3v) is 14.2. The average Bonchev–Trinajstić information content (AvgIpc) is 3.20. The van der Waals surface area contributed by atoms with E-state index >= 15 is 0 Å². The first-order chi connectivity index (χ1) is 27.7. The second kappa shape index (κ2) is 30.0. The molecule has 0 aliphatic rings. The van der Waals surface area contributed by atoms with Crippen molar-refractivity contribution in [3.8, 4) is 23.0 Å². The van der Waals surface area contributed by atoms with Crippen LogP contribution in [0.25, 0.3) is 5.53 Å². The quantitative estimate of drug-likeness (QED) is 0.0223. The Morgan fingerprint density at radius 3 is 1.02 bits per heavy atom. The van der Waals surface area contributed by atoms with E-state index < -0.39 is 33.8 Å². The van der Waals surface area contributed by atoms with E-state index in [2.05, 4.69) is 32.5 Å². The van der Waals surface area contributed by atoms with Gasteiger partial charge in [0.15, 0.2) is 0 Å². The summed E-state index contributed by atoms with van der Waals surface area (Å²) in [6, 6.07) is 8.73. The lowest BCUT2D eigenvalue weighted by atomic mass is 10.1. The minimum absolute atomic E-state index is 0.0395. The topological polar surface area (TPSA) is 142 Å². The fourth-order valence-corrected chi connectivity index (χ4v) is 10.1. The molecule has 0 amide bonds. The summed E-state index contributed by atoms with van der Waals surface area (Å²) in [4.78, 5) is 2.07. The van der Waals surface area contributed by atoms with Gasteiger partial charge in [0.2, 0.25) is 0 Å². The van der Waals surface area contributed by atoms with Crippen LogP contribution in [0.1, 0.15) is 182 Å². The summed E-state index contributed by atoms with van der Waals surface area (Å²) in [6.07, 6.45) is 24.8. The first-order valence-electron chi connectivity index (χ1n) is 22.2. The van der Waals surface area contributed by atoms with Gasteiger partial charge in [-0.1, -0.05) is 156 Å². The van der Waals surface area contributed by atoms with Gasteiger partial charge in [0.25, 0.3) is 19.7 Å². The molecule has 0 aromatic heterocycles. The first kappa shape index (κ1) is 50.1. The van der Waals surface area contributed by atoms with Crippen LogP contribution in [-0.4, -0.2) is 52.4 Å². The average molecular weight is 835 g/mol. The van der Waals surface area contributed by atoms with E-state index in [0.717, 1.165) is 128 Å². The van der Waals surface area contributed by atoms with E-state index in [-0.39, 0.29) is 36.2 Å². The van der Waals surface area contributed by atoms with Gasteiger partial charge in [0.1, 0.15) is 32.8 Å². The minimum atomic E-state index is -5.00. The van der Waals surface area contributed by atoms with E-state index in [9.17, 15) is 22.4 Å². The summed E-state index contributed by atoms with van der Waals surface area (Å²) in [5, 5.41) is 0. The summed E-state index contributed by atoms with van der Waals surface area (Å²) < 4.78 is 80.3. The Labute approximate surface area is 346 Å². The van der Waals surface area contributed by atoms with Crippen molar-refractivity contribution in [3.05, 3.63) is 41.9 Å². The fourth-order valence-electron chi connectivity index (χ4n) is 6.53. The van der Waals surface area contributed by atoms with Crippen molar-refractivity contribution < 1.29 is 40.6 Å². The molecule has 0 radical (unpaired) electrons. The second-order valence-electron chi connectivity index (χ2n) is 15.1. The van der Waals surface area contributed by atoms with Gasteiger partial charge in [-0.15, -0.1) is 4.79 Å². The molecule has 12 heteroatoms. The Morgan fingerprint density at radius 2 is 0.719 bits per heavy atom. The van der Waals surface area contributed by atoms with Crippen molar-refractivity contribution in [2.45, 2.75) is 192 Å². The van der Waals surface area contributed by atoms with Crippen LogP contribution in [-0.2, 0) is 19.7 Å². The molecule has 324 valence electrons. The zero-order valence-electron chi connectivity index (χ0n) is 35.7. The lowest BCUT2D eigenvalue weighted by molar-refractivity contribution is 0.00377. The second-order valence-corrected chi connectivity index (χ2v) is 19.0. The lowest BCUT2D eigenvalue weighted by Crippen LogP contribution is -2.27. The third-order valence-electron chi connectivity index (χ3n) is 9.99. The number of nitrogens with zero attached hydrogens (tertiary/aromatic N) is 2. The van der Waals surface area contributed by atoms with Gasteiger partial charge >= 0.3 is 4.38 Å². The number of hydrogen-bond donors (Lipinski definition) is 0. The van der Waals surface area contributed by atoms with Crippen LogP contribution in [0.15, 0.2) is 46.2 Å². The number of sulfone groups is 2. The molecule has 10 nitrogen and oxygen atoms in total. The molecule has 0 aliphatic carbocycles. The highest BCUT2D eigenvalue weighted by atomic mass is 32.3. The molecule has 57 heavy (non-hydrogen) atoms. The highest BCUT2D eigenvalue weighted by Gasteiger charge is 2.47. The molecule has 2 aromatic carbocycles. The Bertz CT molecular complexity index is 1540. The molecule has 0 bridgehead atoms. The van der Waals surface area contributed by atoms with Crippen LogP contribution in [0.5, 0.6) is 23.0 Å². The van der Waals surface area contributed by atoms with Crippen LogP contribution in [0, 0.1) is 0 Å². The number of benzene rings is 2. The molecule has 0 atom stereocenters. The fraction of sp³-hybridized carbons (Fsp3) is 0.711. The number of hydrogen-bond acceptors (Lipinski definition) is 8. The molecule has 0 aliphatic heterocycles. The smallest absolute Gasteiger partial charge is 0.494 e. The molecule has 0 saturated heterocycles. The Hall–Kier alpha value is -3.08. The number of rotatable bonds is 34. The van der Waals surface area contributed by atoms with E-state index in [1.807, 2.05) is 0 Å². The summed E-state index contributed by atoms with van der Waals surface area (Å²) >= 11 is 0. The summed E-state index contributed by atoms with van der Waals surface area (Å²) in [6.45, 7) is 9.85. The normalized spacial score (nSPS) is 11.6. The molecule has 0 spiro atoms. The predicted molar refractivity (Wildman–Crippen MR) is 231 cm³/mol. The Kier molecular flexibility index (Phi) is 26.4. The molecule has 2 rings (SSSR count). The zero-order valence-corrected chi connectivity index (χ0v) is 37.4. The first-order valence-corrected chi connectivity index (χ1v) is 25.1. The molecule has 0 unspecified atom stereocenters.